The van der Waals surface area contributed by atoms with Gasteiger partial charge in [0.1, 0.15) is 0 Å². The number of rotatable bonds is 7. The van der Waals surface area contributed by atoms with Crippen LogP contribution in [0.1, 0.15) is 37.3 Å². The highest BCUT2D eigenvalue weighted by Gasteiger charge is 1.92. The number of hydrogen-bond donors (Lipinski definition) is 0. The van der Waals surface area contributed by atoms with Gasteiger partial charge in [-0.05, 0) is 37.3 Å². The lowest BCUT2D eigenvalue weighted by atomic mass is 10.1. The summed E-state index contributed by atoms with van der Waals surface area (Å²) in [5.74, 6) is 0. The number of allylic oxidation sites excluding steroid dienone is 5. The molecule has 0 aliphatic carbocycles. The normalized spacial score (nSPS) is 11.4. The summed E-state index contributed by atoms with van der Waals surface area (Å²) in [6, 6.07) is 8.52. The van der Waals surface area contributed by atoms with Crippen molar-refractivity contribution in [2.24, 2.45) is 0 Å². The van der Waals surface area contributed by atoms with Gasteiger partial charge in [0.05, 0.1) is 0 Å². The topological polar surface area (TPSA) is 0 Å². The molecule has 0 unspecified atom stereocenters. The predicted molar refractivity (Wildman–Crippen MR) is 81.8 cm³/mol. The fourth-order valence-electron chi connectivity index (χ4n) is 1.79. The molecule has 0 heterocycles. The summed E-state index contributed by atoms with van der Waals surface area (Å²) in [6.07, 6.45) is 13.1. The Bertz CT molecular complexity index is 421. The first-order chi connectivity index (χ1) is 8.74. The van der Waals surface area contributed by atoms with Crippen LogP contribution in [0.25, 0.3) is 0 Å². The van der Waals surface area contributed by atoms with Gasteiger partial charge in [-0.15, -0.1) is 0 Å². The monoisotopic (exact) mass is 240 g/mol. The van der Waals surface area contributed by atoms with E-state index in [4.69, 9.17) is 0 Å². The lowest BCUT2D eigenvalue weighted by Gasteiger charge is -2.00. The molecule has 0 fully saturated rings. The maximum Gasteiger partial charge on any atom is -0.00917 e. The molecule has 0 aliphatic heterocycles. The summed E-state index contributed by atoms with van der Waals surface area (Å²) < 4.78 is 0. The molecular weight excluding hydrogens is 216 g/mol. The second-order valence-electron chi connectivity index (χ2n) is 4.68. The Labute approximate surface area is 112 Å². The molecule has 0 aromatic heterocycles. The third-order valence-corrected chi connectivity index (χ3v) is 3.03. The van der Waals surface area contributed by atoms with Gasteiger partial charge < -0.3 is 0 Å². The van der Waals surface area contributed by atoms with E-state index in [0.29, 0.717) is 0 Å². The van der Waals surface area contributed by atoms with Gasteiger partial charge >= 0.3 is 0 Å². The smallest absolute Gasteiger partial charge is 0.00917 e. The van der Waals surface area contributed by atoms with Gasteiger partial charge in [-0.25, -0.2) is 0 Å². The van der Waals surface area contributed by atoms with E-state index in [2.05, 4.69) is 69.0 Å². The van der Waals surface area contributed by atoms with E-state index in [-0.39, 0.29) is 0 Å². The molecule has 1 aromatic rings. The summed E-state index contributed by atoms with van der Waals surface area (Å²) in [4.78, 5) is 0. The van der Waals surface area contributed by atoms with Crippen LogP contribution in [0.15, 0.2) is 60.7 Å². The van der Waals surface area contributed by atoms with Gasteiger partial charge in [-0.2, -0.15) is 0 Å². The highest BCUT2D eigenvalue weighted by atomic mass is 14.0. The second kappa shape index (κ2) is 8.52. The van der Waals surface area contributed by atoms with Crippen LogP contribution in [-0.4, -0.2) is 0 Å². The number of benzene rings is 1. The maximum absolute atomic E-state index is 4.04. The van der Waals surface area contributed by atoms with Crippen molar-refractivity contribution in [1.29, 1.82) is 0 Å². The van der Waals surface area contributed by atoms with Crippen LogP contribution in [0.2, 0.25) is 0 Å². The molecule has 1 aromatic carbocycles. The third-order valence-electron chi connectivity index (χ3n) is 3.03. The average Bonchev–Trinajstić information content (AvgIpc) is 2.38. The molecule has 0 bridgehead atoms. The Kier molecular flexibility index (Phi) is 6.86. The van der Waals surface area contributed by atoms with E-state index in [1.54, 1.807) is 0 Å². The van der Waals surface area contributed by atoms with E-state index >= 15 is 0 Å². The minimum absolute atomic E-state index is 0.998. The minimum atomic E-state index is 0.998. The Morgan fingerprint density at radius 1 is 1.22 bits per heavy atom. The Morgan fingerprint density at radius 3 is 2.72 bits per heavy atom. The molecule has 0 saturated heterocycles. The van der Waals surface area contributed by atoms with Crippen LogP contribution >= 0.6 is 0 Å². The zero-order valence-electron chi connectivity index (χ0n) is 11.7. The Morgan fingerprint density at radius 2 is 2.00 bits per heavy atom. The van der Waals surface area contributed by atoms with Crippen molar-refractivity contribution in [2.45, 2.75) is 39.5 Å². The SMILES string of the molecule is C=C(/C=C\C=C/Cc1ccccc1C)CCCC. The molecule has 0 atom stereocenters. The molecular formula is C18H24. The largest absolute Gasteiger partial charge is 0.0958 e. The summed E-state index contributed by atoms with van der Waals surface area (Å²) in [7, 11) is 0. The van der Waals surface area contributed by atoms with Crippen molar-refractivity contribution in [3.8, 4) is 0 Å². The van der Waals surface area contributed by atoms with Gasteiger partial charge in [0, 0.05) is 0 Å². The third kappa shape index (κ3) is 5.67. The lowest BCUT2D eigenvalue weighted by Crippen LogP contribution is -1.84. The number of unbranched alkanes of at least 4 members (excludes halogenated alkanes) is 1. The van der Waals surface area contributed by atoms with Gasteiger partial charge in [-0.1, -0.05) is 74.1 Å². The molecule has 0 amide bonds. The second-order valence-corrected chi connectivity index (χ2v) is 4.68. The van der Waals surface area contributed by atoms with Crippen molar-refractivity contribution >= 4 is 0 Å². The molecule has 0 aliphatic rings. The lowest BCUT2D eigenvalue weighted by molar-refractivity contribution is 0.799. The van der Waals surface area contributed by atoms with Crippen molar-refractivity contribution in [3.63, 3.8) is 0 Å². The molecule has 0 heteroatoms. The Balaban J connectivity index is 2.36. The summed E-state index contributed by atoms with van der Waals surface area (Å²) >= 11 is 0. The first kappa shape index (κ1) is 14.5. The zero-order chi connectivity index (χ0) is 13.2. The first-order valence-electron chi connectivity index (χ1n) is 6.79. The highest BCUT2D eigenvalue weighted by Crippen LogP contribution is 2.09. The number of hydrogen-bond acceptors (Lipinski definition) is 0. The van der Waals surface area contributed by atoms with E-state index in [1.807, 2.05) is 0 Å². The summed E-state index contributed by atoms with van der Waals surface area (Å²) in [5.41, 5.74) is 3.97. The van der Waals surface area contributed by atoms with E-state index in [9.17, 15) is 0 Å². The molecule has 0 radical (unpaired) electrons. The van der Waals surface area contributed by atoms with E-state index < -0.39 is 0 Å². The van der Waals surface area contributed by atoms with Crippen LogP contribution in [-0.2, 0) is 6.42 Å². The Hall–Kier alpha value is -1.56. The van der Waals surface area contributed by atoms with Crippen molar-refractivity contribution in [2.75, 3.05) is 0 Å². The molecule has 0 nitrogen and oxygen atoms in total. The van der Waals surface area contributed by atoms with Crippen molar-refractivity contribution in [3.05, 3.63) is 71.8 Å². The van der Waals surface area contributed by atoms with Crippen molar-refractivity contribution < 1.29 is 0 Å². The molecule has 0 spiro atoms. The van der Waals surface area contributed by atoms with E-state index in [1.165, 1.54) is 29.5 Å². The van der Waals surface area contributed by atoms with Gasteiger partial charge in [0.25, 0.3) is 0 Å². The molecule has 1 rings (SSSR count). The molecule has 18 heavy (non-hydrogen) atoms. The van der Waals surface area contributed by atoms with Crippen LogP contribution in [0.5, 0.6) is 0 Å². The quantitative estimate of drug-likeness (QED) is 0.560. The molecule has 0 N–H and O–H groups in total. The minimum Gasteiger partial charge on any atom is -0.0958 e. The fourth-order valence-corrected chi connectivity index (χ4v) is 1.79. The molecule has 96 valence electrons. The predicted octanol–water partition coefficient (Wildman–Crippen LogP) is 5.40. The van der Waals surface area contributed by atoms with E-state index in [0.717, 1.165) is 12.8 Å². The fraction of sp³-hybridized carbons (Fsp3) is 0.333. The van der Waals surface area contributed by atoms with Crippen LogP contribution in [0.4, 0.5) is 0 Å². The van der Waals surface area contributed by atoms with Crippen LogP contribution < -0.4 is 0 Å². The highest BCUT2D eigenvalue weighted by molar-refractivity contribution is 5.28. The van der Waals surface area contributed by atoms with Crippen molar-refractivity contribution in [1.82, 2.24) is 0 Å². The zero-order valence-corrected chi connectivity index (χ0v) is 11.7. The van der Waals surface area contributed by atoms with Crippen LogP contribution in [0.3, 0.4) is 0 Å². The first-order valence-corrected chi connectivity index (χ1v) is 6.79. The molecule has 0 saturated carbocycles. The average molecular weight is 240 g/mol. The van der Waals surface area contributed by atoms with Gasteiger partial charge in [0.15, 0.2) is 0 Å². The maximum atomic E-state index is 4.04. The number of aryl methyl sites for hydroxylation is 1. The van der Waals surface area contributed by atoms with Gasteiger partial charge in [0.2, 0.25) is 0 Å². The standard InChI is InChI=1S/C18H24/c1-4-5-11-16(2)12-7-6-8-14-18-15-10-9-13-17(18)3/h6-10,12-13,15H,2,4-5,11,14H2,1,3H3/b8-6-,12-7-. The van der Waals surface area contributed by atoms with Crippen LogP contribution in [0, 0.1) is 6.92 Å². The summed E-state index contributed by atoms with van der Waals surface area (Å²) in [5, 5.41) is 0. The summed E-state index contributed by atoms with van der Waals surface area (Å²) in [6.45, 7) is 8.41. The van der Waals surface area contributed by atoms with Gasteiger partial charge in [-0.3, -0.25) is 0 Å².